The Labute approximate surface area is 95.3 Å². The molecule has 82 valence electrons. The van der Waals surface area contributed by atoms with Crippen LogP contribution in [-0.4, -0.2) is 31.5 Å². The number of benzene rings is 1. The van der Waals surface area contributed by atoms with Crippen molar-refractivity contribution in [1.29, 1.82) is 0 Å². The maximum absolute atomic E-state index is 11.7. The first-order valence-electron chi connectivity index (χ1n) is 4.41. The first-order valence-corrected chi connectivity index (χ1v) is 4.78. The minimum Gasteiger partial charge on any atom is -0.507 e. The Morgan fingerprint density at radius 1 is 1.50 bits per heavy atom. The molecule has 0 aliphatic rings. The standard InChI is InChI=1S/C9H7ClN4O2/c10-5-1-2-7(15)6(3-5)8(16)4-9-11-13-14-12-9/h1-3,15H,4H2,(H,11,12,13,14). The Morgan fingerprint density at radius 3 is 3.00 bits per heavy atom. The normalized spacial score (nSPS) is 10.3. The molecule has 0 unspecified atom stereocenters. The lowest BCUT2D eigenvalue weighted by molar-refractivity contribution is 0.0988. The van der Waals surface area contributed by atoms with E-state index in [1.807, 2.05) is 0 Å². The Balaban J connectivity index is 2.24. The minimum absolute atomic E-state index is 0.0373. The second-order valence-electron chi connectivity index (χ2n) is 3.09. The maximum Gasteiger partial charge on any atom is 0.182 e. The Hall–Kier alpha value is -1.95. The highest BCUT2D eigenvalue weighted by Crippen LogP contribution is 2.22. The number of phenolic OH excluding ortho intramolecular Hbond substituents is 1. The molecule has 1 aromatic heterocycles. The van der Waals surface area contributed by atoms with Crippen LogP contribution in [0.3, 0.4) is 0 Å². The van der Waals surface area contributed by atoms with Gasteiger partial charge in [0.15, 0.2) is 11.6 Å². The van der Waals surface area contributed by atoms with E-state index in [9.17, 15) is 9.90 Å². The molecule has 1 aromatic carbocycles. The molecule has 7 heteroatoms. The highest BCUT2D eigenvalue weighted by atomic mass is 35.5. The number of ketones is 1. The highest BCUT2D eigenvalue weighted by Gasteiger charge is 2.14. The van der Waals surface area contributed by atoms with E-state index in [1.165, 1.54) is 18.2 Å². The molecule has 0 fully saturated rings. The number of hydrogen-bond acceptors (Lipinski definition) is 5. The van der Waals surface area contributed by atoms with E-state index in [-0.39, 0.29) is 29.3 Å². The quantitative estimate of drug-likeness (QED) is 0.778. The minimum atomic E-state index is -0.318. The number of Topliss-reactive ketones (excluding diaryl/α,β-unsaturated/α-hetero) is 1. The molecule has 2 rings (SSSR count). The predicted octanol–water partition coefficient (Wildman–Crippen LogP) is 0.984. The summed E-state index contributed by atoms with van der Waals surface area (Å²) in [4.78, 5) is 11.7. The van der Waals surface area contributed by atoms with Gasteiger partial charge < -0.3 is 5.11 Å². The number of aromatic hydroxyl groups is 1. The van der Waals surface area contributed by atoms with Gasteiger partial charge in [0.25, 0.3) is 0 Å². The molecule has 1 heterocycles. The van der Waals surface area contributed by atoms with Crippen LogP contribution in [0.1, 0.15) is 16.2 Å². The second-order valence-corrected chi connectivity index (χ2v) is 3.53. The number of rotatable bonds is 3. The number of phenols is 1. The highest BCUT2D eigenvalue weighted by molar-refractivity contribution is 6.31. The number of carbonyl (C=O) groups excluding carboxylic acids is 1. The van der Waals surface area contributed by atoms with Crippen LogP contribution in [0.15, 0.2) is 18.2 Å². The smallest absolute Gasteiger partial charge is 0.182 e. The zero-order chi connectivity index (χ0) is 11.5. The number of H-pyrrole nitrogens is 1. The van der Waals surface area contributed by atoms with Gasteiger partial charge in [0.2, 0.25) is 0 Å². The van der Waals surface area contributed by atoms with Crippen LogP contribution in [-0.2, 0) is 6.42 Å². The summed E-state index contributed by atoms with van der Waals surface area (Å²) in [6.07, 6.45) is -0.0373. The van der Waals surface area contributed by atoms with Crippen LogP contribution in [0.4, 0.5) is 0 Å². The molecule has 16 heavy (non-hydrogen) atoms. The summed E-state index contributed by atoms with van der Waals surface area (Å²) in [5.41, 5.74) is 0.150. The van der Waals surface area contributed by atoms with E-state index in [0.29, 0.717) is 5.02 Å². The van der Waals surface area contributed by atoms with Crippen LogP contribution in [0, 0.1) is 0 Å². The van der Waals surface area contributed by atoms with Crippen molar-refractivity contribution in [3.05, 3.63) is 34.6 Å². The fraction of sp³-hybridized carbons (Fsp3) is 0.111. The summed E-state index contributed by atoms with van der Waals surface area (Å²) >= 11 is 5.73. The summed E-state index contributed by atoms with van der Waals surface area (Å²) in [6.45, 7) is 0. The fourth-order valence-corrected chi connectivity index (χ4v) is 1.40. The summed E-state index contributed by atoms with van der Waals surface area (Å²) in [5, 5.41) is 22.7. The first-order chi connectivity index (χ1) is 7.66. The van der Waals surface area contributed by atoms with Crippen molar-refractivity contribution >= 4 is 17.4 Å². The molecule has 0 saturated heterocycles. The number of tetrazole rings is 1. The van der Waals surface area contributed by atoms with Gasteiger partial charge in [-0.1, -0.05) is 16.8 Å². The van der Waals surface area contributed by atoms with Gasteiger partial charge in [-0.2, -0.15) is 5.21 Å². The van der Waals surface area contributed by atoms with E-state index < -0.39 is 0 Å². The summed E-state index contributed by atoms with van der Waals surface area (Å²) in [7, 11) is 0. The fourth-order valence-electron chi connectivity index (χ4n) is 1.23. The summed E-state index contributed by atoms with van der Waals surface area (Å²) < 4.78 is 0. The molecular formula is C9H7ClN4O2. The summed E-state index contributed by atoms with van der Waals surface area (Å²) in [5.74, 6) is -0.163. The van der Waals surface area contributed by atoms with E-state index in [1.54, 1.807) is 0 Å². The third-order valence-electron chi connectivity index (χ3n) is 1.97. The molecule has 0 atom stereocenters. The number of nitrogens with one attached hydrogen (secondary N) is 1. The van der Waals surface area contributed by atoms with Gasteiger partial charge in [0, 0.05) is 5.02 Å². The van der Waals surface area contributed by atoms with Crippen molar-refractivity contribution in [2.75, 3.05) is 0 Å². The van der Waals surface area contributed by atoms with Crippen LogP contribution in [0.25, 0.3) is 0 Å². The molecule has 2 N–H and O–H groups in total. The zero-order valence-electron chi connectivity index (χ0n) is 8.01. The molecule has 0 spiro atoms. The summed E-state index contributed by atoms with van der Waals surface area (Å²) in [6, 6.07) is 4.27. The van der Waals surface area contributed by atoms with Crippen LogP contribution >= 0.6 is 11.6 Å². The van der Waals surface area contributed by atoms with E-state index in [0.717, 1.165) is 0 Å². The number of aromatic nitrogens is 4. The predicted molar refractivity (Wildman–Crippen MR) is 55.3 cm³/mol. The van der Waals surface area contributed by atoms with Crippen LogP contribution in [0.2, 0.25) is 5.02 Å². The zero-order valence-corrected chi connectivity index (χ0v) is 8.77. The molecule has 0 amide bonds. The third kappa shape index (κ3) is 2.17. The van der Waals surface area contributed by atoms with Crippen LogP contribution < -0.4 is 0 Å². The molecule has 0 radical (unpaired) electrons. The number of hydrogen-bond donors (Lipinski definition) is 2. The monoisotopic (exact) mass is 238 g/mol. The number of carbonyl (C=O) groups is 1. The van der Waals surface area contributed by atoms with E-state index in [4.69, 9.17) is 11.6 Å². The maximum atomic E-state index is 11.7. The van der Waals surface area contributed by atoms with Gasteiger partial charge in [-0.05, 0) is 18.2 Å². The lowest BCUT2D eigenvalue weighted by atomic mass is 10.1. The Bertz CT molecular complexity index is 512. The molecular weight excluding hydrogens is 232 g/mol. The van der Waals surface area contributed by atoms with Gasteiger partial charge in [-0.15, -0.1) is 10.2 Å². The molecule has 0 bridgehead atoms. The van der Waals surface area contributed by atoms with Crippen molar-refractivity contribution < 1.29 is 9.90 Å². The Morgan fingerprint density at radius 2 is 2.31 bits per heavy atom. The van der Waals surface area contributed by atoms with Gasteiger partial charge in [-0.25, -0.2) is 0 Å². The molecule has 2 aromatic rings. The van der Waals surface area contributed by atoms with Crippen molar-refractivity contribution in [2.45, 2.75) is 6.42 Å². The Kier molecular flexibility index (Phi) is 2.82. The number of halogens is 1. The van der Waals surface area contributed by atoms with E-state index in [2.05, 4.69) is 20.6 Å². The van der Waals surface area contributed by atoms with Gasteiger partial charge in [-0.3, -0.25) is 4.79 Å². The molecule has 6 nitrogen and oxygen atoms in total. The molecule has 0 aliphatic carbocycles. The van der Waals surface area contributed by atoms with Crippen molar-refractivity contribution in [2.24, 2.45) is 0 Å². The van der Waals surface area contributed by atoms with Gasteiger partial charge in [0.05, 0.1) is 12.0 Å². The average molecular weight is 239 g/mol. The number of aromatic amines is 1. The van der Waals surface area contributed by atoms with Crippen molar-refractivity contribution in [1.82, 2.24) is 20.6 Å². The first kappa shape index (κ1) is 10.6. The van der Waals surface area contributed by atoms with Gasteiger partial charge in [0.1, 0.15) is 5.75 Å². The van der Waals surface area contributed by atoms with Gasteiger partial charge >= 0.3 is 0 Å². The molecule has 0 aliphatic heterocycles. The van der Waals surface area contributed by atoms with E-state index >= 15 is 0 Å². The average Bonchev–Trinajstić information content (AvgIpc) is 2.74. The SMILES string of the molecule is O=C(Cc1nn[nH]n1)c1cc(Cl)ccc1O. The topological polar surface area (TPSA) is 91.8 Å². The third-order valence-corrected chi connectivity index (χ3v) is 2.20. The largest absolute Gasteiger partial charge is 0.507 e. The second kappa shape index (κ2) is 4.28. The number of nitrogens with zero attached hydrogens (tertiary/aromatic N) is 3. The lowest BCUT2D eigenvalue weighted by Crippen LogP contribution is -2.05. The van der Waals surface area contributed by atoms with Crippen molar-refractivity contribution in [3.63, 3.8) is 0 Å². The lowest BCUT2D eigenvalue weighted by Gasteiger charge is -2.02. The molecule has 0 saturated carbocycles. The van der Waals surface area contributed by atoms with Crippen LogP contribution in [0.5, 0.6) is 5.75 Å². The van der Waals surface area contributed by atoms with Crippen molar-refractivity contribution in [3.8, 4) is 5.75 Å².